The smallest absolute Gasteiger partial charge is 0.281 e. The van der Waals surface area contributed by atoms with E-state index in [1.165, 1.54) is 11.3 Å². The number of thiazole rings is 1. The number of carbonyl (C=O) groups excluding carboxylic acids is 1. The van der Waals surface area contributed by atoms with Gasteiger partial charge in [-0.3, -0.25) is 4.79 Å². The van der Waals surface area contributed by atoms with Gasteiger partial charge in [0.25, 0.3) is 5.91 Å². The summed E-state index contributed by atoms with van der Waals surface area (Å²) >= 11 is 1.42. The Hall–Kier alpha value is -4.54. The highest BCUT2D eigenvalue weighted by Gasteiger charge is 2.25. The summed E-state index contributed by atoms with van der Waals surface area (Å²) < 4.78 is 0.999. The lowest BCUT2D eigenvalue weighted by Crippen LogP contribution is -2.30. The zero-order valence-electron chi connectivity index (χ0n) is 20.0. The molecule has 3 nitrogen and oxygen atoms in total. The van der Waals surface area contributed by atoms with Gasteiger partial charge < -0.3 is 5.32 Å². The maximum absolute atomic E-state index is 13.7. The van der Waals surface area contributed by atoms with Crippen LogP contribution in [0.1, 0.15) is 27.0 Å². The minimum absolute atomic E-state index is 0.183. The van der Waals surface area contributed by atoms with Crippen LogP contribution in [0.5, 0.6) is 0 Å². The van der Waals surface area contributed by atoms with E-state index in [0.29, 0.717) is 5.01 Å². The van der Waals surface area contributed by atoms with Crippen LogP contribution in [-0.2, 0) is 0 Å². The van der Waals surface area contributed by atoms with E-state index in [1.807, 2.05) is 84.9 Å². The molecule has 0 saturated heterocycles. The topological polar surface area (TPSA) is 42.0 Å². The van der Waals surface area contributed by atoms with Crippen LogP contribution in [0, 0.1) is 0 Å². The van der Waals surface area contributed by atoms with Crippen molar-refractivity contribution in [3.8, 4) is 22.3 Å². The van der Waals surface area contributed by atoms with Crippen molar-refractivity contribution < 1.29 is 4.79 Å². The van der Waals surface area contributed by atoms with Gasteiger partial charge in [-0.1, -0.05) is 121 Å². The molecule has 1 amide bonds. The zero-order valence-corrected chi connectivity index (χ0v) is 20.9. The van der Waals surface area contributed by atoms with Crippen molar-refractivity contribution in [1.82, 2.24) is 10.3 Å². The van der Waals surface area contributed by atoms with Crippen molar-refractivity contribution in [2.45, 2.75) is 6.04 Å². The predicted octanol–water partition coefficient (Wildman–Crippen LogP) is 8.15. The minimum atomic E-state index is -0.382. The fraction of sp³-hybridized carbons (Fsp3) is 0.0303. The molecule has 5 aromatic carbocycles. The monoisotopic (exact) mass is 496 g/mol. The highest BCUT2D eigenvalue weighted by atomic mass is 32.1. The van der Waals surface area contributed by atoms with Crippen LogP contribution in [0.3, 0.4) is 0 Å². The third kappa shape index (κ3) is 4.67. The van der Waals surface area contributed by atoms with Crippen LogP contribution in [0.15, 0.2) is 133 Å². The molecule has 178 valence electrons. The van der Waals surface area contributed by atoms with Gasteiger partial charge in [-0.15, -0.1) is 11.3 Å². The molecular formula is C33H24N2OS. The Morgan fingerprint density at radius 1 is 0.595 bits per heavy atom. The van der Waals surface area contributed by atoms with Gasteiger partial charge in [0.2, 0.25) is 0 Å². The molecule has 0 saturated carbocycles. The number of fused-ring (bicyclic) bond motifs is 1. The molecule has 1 aromatic heterocycles. The van der Waals surface area contributed by atoms with E-state index >= 15 is 0 Å². The first-order valence-electron chi connectivity index (χ1n) is 12.2. The summed E-state index contributed by atoms with van der Waals surface area (Å²) in [5.41, 5.74) is 7.28. The zero-order chi connectivity index (χ0) is 25.0. The number of nitrogens with zero attached hydrogens (tertiary/aromatic N) is 1. The molecule has 0 bridgehead atoms. The number of aromatic nitrogens is 1. The second kappa shape index (κ2) is 10.2. The van der Waals surface area contributed by atoms with Gasteiger partial charge in [-0.05, 0) is 45.5 Å². The fourth-order valence-corrected chi connectivity index (χ4v) is 5.61. The van der Waals surface area contributed by atoms with Crippen molar-refractivity contribution in [2.24, 2.45) is 0 Å². The quantitative estimate of drug-likeness (QED) is 0.253. The van der Waals surface area contributed by atoms with Gasteiger partial charge in [0, 0.05) is 0 Å². The summed E-state index contributed by atoms with van der Waals surface area (Å²) in [5.74, 6) is -0.183. The number of hydrogen-bond donors (Lipinski definition) is 1. The first kappa shape index (κ1) is 22.9. The molecule has 0 aliphatic heterocycles. The van der Waals surface area contributed by atoms with Crippen LogP contribution in [0.25, 0.3) is 32.5 Å². The Labute approximate surface area is 220 Å². The first-order valence-corrected chi connectivity index (χ1v) is 13.0. The van der Waals surface area contributed by atoms with Crippen molar-refractivity contribution in [3.63, 3.8) is 0 Å². The molecule has 6 aromatic rings. The Morgan fingerprint density at radius 3 is 1.65 bits per heavy atom. The molecule has 0 atom stereocenters. The van der Waals surface area contributed by atoms with Gasteiger partial charge >= 0.3 is 0 Å². The molecule has 4 heteroatoms. The van der Waals surface area contributed by atoms with Gasteiger partial charge in [0.1, 0.15) is 0 Å². The number of hydrogen-bond acceptors (Lipinski definition) is 3. The standard InChI is InChI=1S/C33H24N2OS/c36-32(33-34-29-21-11-12-22-30(29)37-33)35-31(27-19-9-7-17-25(27)23-13-3-1-4-14-23)28-20-10-8-18-26(28)24-15-5-2-6-16-24/h1-22,31H,(H,35,36). The molecule has 0 aliphatic rings. The van der Waals surface area contributed by atoms with E-state index in [-0.39, 0.29) is 11.9 Å². The van der Waals surface area contributed by atoms with E-state index in [4.69, 9.17) is 0 Å². The number of rotatable bonds is 6. The van der Waals surface area contributed by atoms with Gasteiger partial charge in [0.05, 0.1) is 16.3 Å². The molecule has 0 unspecified atom stereocenters. The number of benzene rings is 5. The van der Waals surface area contributed by atoms with Gasteiger partial charge in [-0.2, -0.15) is 0 Å². The molecule has 0 radical (unpaired) electrons. The van der Waals surface area contributed by atoms with E-state index in [2.05, 4.69) is 58.8 Å². The van der Waals surface area contributed by atoms with Crippen LogP contribution in [0.4, 0.5) is 0 Å². The largest absolute Gasteiger partial charge is 0.339 e. The average Bonchev–Trinajstić information content (AvgIpc) is 3.42. The molecular weight excluding hydrogens is 472 g/mol. The molecule has 1 heterocycles. The van der Waals surface area contributed by atoms with Gasteiger partial charge in [0.15, 0.2) is 5.01 Å². The summed E-state index contributed by atoms with van der Waals surface area (Å²) in [5, 5.41) is 3.82. The third-order valence-corrected chi connectivity index (χ3v) is 7.51. The summed E-state index contributed by atoms with van der Waals surface area (Å²) in [4.78, 5) is 18.3. The maximum Gasteiger partial charge on any atom is 0.281 e. The average molecular weight is 497 g/mol. The van der Waals surface area contributed by atoms with Crippen LogP contribution < -0.4 is 5.32 Å². The lowest BCUT2D eigenvalue weighted by molar-refractivity contribution is 0.0943. The summed E-state index contributed by atoms with van der Waals surface area (Å²) in [6.07, 6.45) is 0. The van der Waals surface area contributed by atoms with Crippen molar-refractivity contribution in [3.05, 3.63) is 150 Å². The molecule has 1 N–H and O–H groups in total. The second-order valence-electron chi connectivity index (χ2n) is 8.80. The van der Waals surface area contributed by atoms with Crippen LogP contribution in [0.2, 0.25) is 0 Å². The molecule has 37 heavy (non-hydrogen) atoms. The van der Waals surface area contributed by atoms with E-state index < -0.39 is 0 Å². The highest BCUT2D eigenvalue weighted by molar-refractivity contribution is 7.20. The minimum Gasteiger partial charge on any atom is -0.339 e. The predicted molar refractivity (Wildman–Crippen MR) is 153 cm³/mol. The van der Waals surface area contributed by atoms with Crippen LogP contribution in [-0.4, -0.2) is 10.9 Å². The molecule has 0 fully saturated rings. The van der Waals surface area contributed by atoms with E-state index in [0.717, 1.165) is 43.6 Å². The fourth-order valence-electron chi connectivity index (χ4n) is 4.74. The summed E-state index contributed by atoms with van der Waals surface area (Å²) in [7, 11) is 0. The van der Waals surface area contributed by atoms with E-state index in [9.17, 15) is 4.79 Å². The van der Waals surface area contributed by atoms with Crippen LogP contribution >= 0.6 is 11.3 Å². The van der Waals surface area contributed by atoms with Crippen molar-refractivity contribution in [1.29, 1.82) is 0 Å². The molecule has 0 spiro atoms. The Balaban J connectivity index is 1.50. The number of amides is 1. The number of carbonyl (C=O) groups is 1. The van der Waals surface area contributed by atoms with Crippen molar-refractivity contribution >= 4 is 27.5 Å². The lowest BCUT2D eigenvalue weighted by Gasteiger charge is -2.25. The Morgan fingerprint density at radius 2 is 1.08 bits per heavy atom. The number of para-hydroxylation sites is 1. The molecule has 6 rings (SSSR count). The van der Waals surface area contributed by atoms with E-state index in [1.54, 1.807) is 0 Å². The SMILES string of the molecule is O=C(NC(c1ccccc1-c1ccccc1)c1ccccc1-c1ccccc1)c1nc2ccccc2s1. The summed E-state index contributed by atoms with van der Waals surface area (Å²) in [6, 6.07) is 44.7. The Bertz CT molecular complexity index is 1560. The first-order chi connectivity index (χ1) is 18.3. The summed E-state index contributed by atoms with van der Waals surface area (Å²) in [6.45, 7) is 0. The number of nitrogens with one attached hydrogen (secondary N) is 1. The van der Waals surface area contributed by atoms with Crippen molar-refractivity contribution in [2.75, 3.05) is 0 Å². The maximum atomic E-state index is 13.7. The highest BCUT2D eigenvalue weighted by Crippen LogP contribution is 2.37. The molecule has 0 aliphatic carbocycles. The lowest BCUT2D eigenvalue weighted by atomic mass is 9.87. The third-order valence-electron chi connectivity index (χ3n) is 6.48. The Kier molecular flexibility index (Phi) is 6.32. The normalized spacial score (nSPS) is 11.1. The second-order valence-corrected chi connectivity index (χ2v) is 9.83. The van der Waals surface area contributed by atoms with Gasteiger partial charge in [-0.25, -0.2) is 4.98 Å².